The number of carbonyl (C=O) groups excluding carboxylic acids is 1. The minimum Gasteiger partial charge on any atom is -0.480 e. The first-order chi connectivity index (χ1) is 12.2. The molecule has 0 unspecified atom stereocenters. The fraction of sp³-hybridized carbons (Fsp3) is 0.350. The highest BCUT2D eigenvalue weighted by molar-refractivity contribution is 7.90. The summed E-state index contributed by atoms with van der Waals surface area (Å²) in [5.74, 6) is 0.495. The molecule has 6 heteroatoms. The summed E-state index contributed by atoms with van der Waals surface area (Å²) in [4.78, 5) is 12.8. The highest BCUT2D eigenvalue weighted by Crippen LogP contribution is 2.20. The number of rotatable bonds is 7. The SMILES string of the molecule is CC[C@H](Oc1ccccc1C)C(=O)N[C@H](C)c1ccc(S(C)(=O)=O)cc1. The van der Waals surface area contributed by atoms with Crippen LogP contribution in [0.5, 0.6) is 5.75 Å². The summed E-state index contributed by atoms with van der Waals surface area (Å²) in [5.41, 5.74) is 1.81. The Morgan fingerprint density at radius 1 is 1.12 bits per heavy atom. The van der Waals surface area contributed by atoms with Crippen molar-refractivity contribution in [3.05, 3.63) is 59.7 Å². The van der Waals surface area contributed by atoms with Crippen molar-refractivity contribution in [2.75, 3.05) is 6.26 Å². The van der Waals surface area contributed by atoms with Gasteiger partial charge in [0.15, 0.2) is 15.9 Å². The number of ether oxygens (including phenoxy) is 1. The molecule has 5 nitrogen and oxygen atoms in total. The van der Waals surface area contributed by atoms with Crippen molar-refractivity contribution >= 4 is 15.7 Å². The molecule has 1 amide bonds. The molecule has 0 fully saturated rings. The summed E-state index contributed by atoms with van der Waals surface area (Å²) in [5, 5.41) is 2.93. The second kappa shape index (κ2) is 8.36. The maximum Gasteiger partial charge on any atom is 0.261 e. The van der Waals surface area contributed by atoms with Crippen LogP contribution in [-0.2, 0) is 14.6 Å². The van der Waals surface area contributed by atoms with Gasteiger partial charge in [0.2, 0.25) is 0 Å². The van der Waals surface area contributed by atoms with Crippen molar-refractivity contribution in [3.8, 4) is 5.75 Å². The lowest BCUT2D eigenvalue weighted by Gasteiger charge is -2.21. The Morgan fingerprint density at radius 3 is 2.27 bits per heavy atom. The first-order valence-electron chi connectivity index (χ1n) is 8.55. The van der Waals surface area contributed by atoms with Crippen LogP contribution in [-0.4, -0.2) is 26.7 Å². The number of hydrogen-bond acceptors (Lipinski definition) is 4. The number of para-hydroxylation sites is 1. The van der Waals surface area contributed by atoms with E-state index in [4.69, 9.17) is 4.74 Å². The van der Waals surface area contributed by atoms with Crippen molar-refractivity contribution in [2.45, 2.75) is 44.2 Å². The summed E-state index contributed by atoms with van der Waals surface area (Å²) < 4.78 is 28.9. The summed E-state index contributed by atoms with van der Waals surface area (Å²) in [6.07, 6.45) is 1.12. The molecule has 0 bridgehead atoms. The van der Waals surface area contributed by atoms with E-state index in [0.717, 1.165) is 11.1 Å². The second-order valence-corrected chi connectivity index (χ2v) is 8.37. The molecule has 2 rings (SSSR count). The van der Waals surface area contributed by atoms with E-state index in [1.54, 1.807) is 24.3 Å². The quantitative estimate of drug-likeness (QED) is 0.805. The Balaban J connectivity index is 2.06. The molecule has 0 aromatic heterocycles. The highest BCUT2D eigenvalue weighted by Gasteiger charge is 2.21. The average molecular weight is 375 g/mol. The topological polar surface area (TPSA) is 72.5 Å². The molecule has 26 heavy (non-hydrogen) atoms. The van der Waals surface area contributed by atoms with Gasteiger partial charge in [0, 0.05) is 6.26 Å². The zero-order valence-corrected chi connectivity index (χ0v) is 16.3. The van der Waals surface area contributed by atoms with Crippen molar-refractivity contribution in [2.24, 2.45) is 0 Å². The first kappa shape index (κ1) is 20.0. The van der Waals surface area contributed by atoms with E-state index in [-0.39, 0.29) is 16.8 Å². The monoisotopic (exact) mass is 375 g/mol. The Hall–Kier alpha value is -2.34. The zero-order valence-electron chi connectivity index (χ0n) is 15.5. The van der Waals surface area contributed by atoms with E-state index in [2.05, 4.69) is 5.32 Å². The standard InChI is InChI=1S/C20H25NO4S/c1-5-18(25-19-9-7-6-8-14(19)2)20(22)21-15(3)16-10-12-17(13-11-16)26(4,23)24/h6-13,15,18H,5H2,1-4H3,(H,21,22)/t15-,18+/m1/s1. The van der Waals surface area contributed by atoms with Gasteiger partial charge in [-0.1, -0.05) is 37.3 Å². The predicted octanol–water partition coefficient (Wildman–Crippen LogP) is 3.43. The van der Waals surface area contributed by atoms with Crippen LogP contribution < -0.4 is 10.1 Å². The molecule has 140 valence electrons. The molecule has 1 N–H and O–H groups in total. The van der Waals surface area contributed by atoms with Gasteiger partial charge in [-0.05, 0) is 49.6 Å². The molecule has 0 saturated carbocycles. The first-order valence-corrected chi connectivity index (χ1v) is 10.4. The largest absolute Gasteiger partial charge is 0.480 e. The highest BCUT2D eigenvalue weighted by atomic mass is 32.2. The van der Waals surface area contributed by atoms with Crippen LogP contribution in [0.25, 0.3) is 0 Å². The summed E-state index contributed by atoms with van der Waals surface area (Å²) >= 11 is 0. The minimum absolute atomic E-state index is 0.199. The molecule has 0 saturated heterocycles. The van der Waals surface area contributed by atoms with Crippen LogP contribution in [0.2, 0.25) is 0 Å². The Labute approximate surface area is 155 Å². The van der Waals surface area contributed by atoms with E-state index < -0.39 is 15.9 Å². The van der Waals surface area contributed by atoms with Gasteiger partial charge in [-0.25, -0.2) is 8.42 Å². The van der Waals surface area contributed by atoms with Gasteiger partial charge in [0.25, 0.3) is 5.91 Å². The number of carbonyl (C=O) groups is 1. The van der Waals surface area contributed by atoms with Gasteiger partial charge in [-0.2, -0.15) is 0 Å². The predicted molar refractivity (Wildman–Crippen MR) is 102 cm³/mol. The summed E-state index contributed by atoms with van der Waals surface area (Å²) in [6, 6.07) is 13.8. The molecular formula is C20H25NO4S. The fourth-order valence-electron chi connectivity index (χ4n) is 2.56. The smallest absolute Gasteiger partial charge is 0.261 e. The molecule has 0 heterocycles. The number of amides is 1. The molecule has 0 aliphatic carbocycles. The summed E-state index contributed by atoms with van der Waals surface area (Å²) in [6.45, 7) is 5.69. The Morgan fingerprint density at radius 2 is 1.73 bits per heavy atom. The molecule has 0 aliphatic heterocycles. The van der Waals surface area contributed by atoms with Gasteiger partial charge in [0.1, 0.15) is 5.75 Å². The van der Waals surface area contributed by atoms with E-state index in [1.807, 2.05) is 45.0 Å². The molecule has 0 aliphatic rings. The molecule has 0 radical (unpaired) electrons. The second-order valence-electron chi connectivity index (χ2n) is 6.35. The van der Waals surface area contributed by atoms with E-state index in [0.29, 0.717) is 12.2 Å². The molecule has 2 aromatic carbocycles. The molecular weight excluding hydrogens is 350 g/mol. The zero-order chi connectivity index (χ0) is 19.3. The minimum atomic E-state index is -3.23. The average Bonchev–Trinajstić information content (AvgIpc) is 2.60. The van der Waals surface area contributed by atoms with Crippen LogP contribution in [0, 0.1) is 6.92 Å². The van der Waals surface area contributed by atoms with Crippen LogP contribution in [0.3, 0.4) is 0 Å². The van der Waals surface area contributed by atoms with Crippen LogP contribution in [0.4, 0.5) is 0 Å². The van der Waals surface area contributed by atoms with Gasteiger partial charge < -0.3 is 10.1 Å². The van der Waals surface area contributed by atoms with Gasteiger partial charge in [-0.3, -0.25) is 4.79 Å². The number of sulfone groups is 1. The van der Waals surface area contributed by atoms with Crippen LogP contribution >= 0.6 is 0 Å². The number of nitrogens with one attached hydrogen (secondary N) is 1. The number of aryl methyl sites for hydroxylation is 1. The van der Waals surface area contributed by atoms with E-state index in [9.17, 15) is 13.2 Å². The summed E-state index contributed by atoms with van der Waals surface area (Å²) in [7, 11) is -3.23. The number of benzene rings is 2. The van der Waals surface area contributed by atoms with E-state index in [1.165, 1.54) is 6.26 Å². The van der Waals surface area contributed by atoms with Gasteiger partial charge in [0.05, 0.1) is 10.9 Å². The maximum atomic E-state index is 12.6. The normalized spacial score (nSPS) is 13.7. The fourth-order valence-corrected chi connectivity index (χ4v) is 3.19. The van der Waals surface area contributed by atoms with Crippen molar-refractivity contribution in [1.29, 1.82) is 0 Å². The lowest BCUT2D eigenvalue weighted by atomic mass is 10.1. The van der Waals surface area contributed by atoms with Crippen LogP contribution in [0.15, 0.2) is 53.4 Å². The van der Waals surface area contributed by atoms with Gasteiger partial charge in [-0.15, -0.1) is 0 Å². The third-order valence-electron chi connectivity index (χ3n) is 4.19. The lowest BCUT2D eigenvalue weighted by molar-refractivity contribution is -0.128. The molecule has 2 aromatic rings. The van der Waals surface area contributed by atoms with Gasteiger partial charge >= 0.3 is 0 Å². The van der Waals surface area contributed by atoms with Crippen LogP contribution in [0.1, 0.15) is 37.4 Å². The maximum absolute atomic E-state index is 12.6. The van der Waals surface area contributed by atoms with Crippen molar-refractivity contribution in [3.63, 3.8) is 0 Å². The Kier molecular flexibility index (Phi) is 6.42. The third-order valence-corrected chi connectivity index (χ3v) is 5.32. The molecule has 2 atom stereocenters. The van der Waals surface area contributed by atoms with Crippen molar-refractivity contribution in [1.82, 2.24) is 5.32 Å². The molecule has 0 spiro atoms. The van der Waals surface area contributed by atoms with E-state index >= 15 is 0 Å². The Bertz CT molecular complexity index is 860. The lowest BCUT2D eigenvalue weighted by Crippen LogP contribution is -2.39. The van der Waals surface area contributed by atoms with Crippen molar-refractivity contribution < 1.29 is 17.9 Å². The number of hydrogen-bond donors (Lipinski definition) is 1. The third kappa shape index (κ3) is 5.08.